The monoisotopic (exact) mass is 492 g/mol. The first kappa shape index (κ1) is 21.7. The lowest BCUT2D eigenvalue weighted by atomic mass is 10.1. The Bertz CT molecular complexity index is 611. The number of aliphatic imine (C=N–C) groups is 1. The maximum atomic E-state index is 10.4. The molecule has 1 aliphatic heterocycles. The quantitative estimate of drug-likeness (QED) is 0.324. The number of likely N-dealkylation sites (tertiary alicyclic amines) is 1. The van der Waals surface area contributed by atoms with Crippen molar-refractivity contribution in [3.8, 4) is 0 Å². The Balaban J connectivity index is 0.00000243. The van der Waals surface area contributed by atoms with Crippen LogP contribution in [0.25, 0.3) is 0 Å². The lowest BCUT2D eigenvalue weighted by Crippen LogP contribution is -2.45. The predicted molar refractivity (Wildman–Crippen MR) is 119 cm³/mol. The number of aliphatic hydroxyl groups excluding tert-OH is 1. The molecule has 2 fully saturated rings. The number of halogens is 2. The molecule has 1 heterocycles. The van der Waals surface area contributed by atoms with Gasteiger partial charge in [-0.25, -0.2) is 0 Å². The van der Waals surface area contributed by atoms with Gasteiger partial charge in [0.05, 0.1) is 6.54 Å². The average molecular weight is 493 g/mol. The van der Waals surface area contributed by atoms with E-state index in [2.05, 4.69) is 34.4 Å². The Morgan fingerprint density at radius 3 is 2.77 bits per heavy atom. The van der Waals surface area contributed by atoms with E-state index in [9.17, 15) is 5.11 Å². The van der Waals surface area contributed by atoms with Gasteiger partial charge in [-0.15, -0.1) is 24.0 Å². The van der Waals surface area contributed by atoms with Crippen LogP contribution in [0.15, 0.2) is 29.3 Å². The highest BCUT2D eigenvalue weighted by Crippen LogP contribution is 2.33. The predicted octanol–water partition coefficient (Wildman–Crippen LogP) is 3.17. The van der Waals surface area contributed by atoms with Crippen LogP contribution in [0.2, 0.25) is 5.02 Å². The molecule has 0 spiro atoms. The molecule has 26 heavy (non-hydrogen) atoms. The number of nitrogens with zero attached hydrogens (tertiary/aromatic N) is 2. The minimum atomic E-state index is -0.699. The van der Waals surface area contributed by atoms with E-state index in [0.29, 0.717) is 17.1 Å². The molecule has 7 heteroatoms. The molecule has 1 aromatic carbocycles. The fraction of sp³-hybridized carbons (Fsp3) is 0.632. The molecule has 2 aliphatic rings. The molecule has 3 N–H and O–H groups in total. The van der Waals surface area contributed by atoms with Crippen molar-refractivity contribution >= 4 is 41.5 Å². The summed E-state index contributed by atoms with van der Waals surface area (Å²) in [5, 5.41) is 17.8. The van der Waals surface area contributed by atoms with Crippen LogP contribution in [0.3, 0.4) is 0 Å². The summed E-state index contributed by atoms with van der Waals surface area (Å²) in [6, 6.07) is 9.20. The van der Waals surface area contributed by atoms with Gasteiger partial charge < -0.3 is 15.7 Å². The van der Waals surface area contributed by atoms with Gasteiger partial charge in [-0.2, -0.15) is 0 Å². The number of rotatable bonds is 6. The fourth-order valence-electron chi connectivity index (χ4n) is 3.61. The molecule has 3 unspecified atom stereocenters. The molecule has 3 rings (SSSR count). The van der Waals surface area contributed by atoms with Crippen molar-refractivity contribution in [2.75, 3.05) is 19.6 Å². The van der Waals surface area contributed by atoms with E-state index in [0.717, 1.165) is 37.1 Å². The number of hydrogen-bond acceptors (Lipinski definition) is 3. The molecule has 5 nitrogen and oxygen atoms in total. The summed E-state index contributed by atoms with van der Waals surface area (Å²) < 4.78 is 0. The second-order valence-electron chi connectivity index (χ2n) is 7.11. The summed E-state index contributed by atoms with van der Waals surface area (Å²) in [4.78, 5) is 7.18. The van der Waals surface area contributed by atoms with Crippen molar-refractivity contribution < 1.29 is 5.11 Å². The SMILES string of the molecule is CCNC(=NCC(O)c1ccccc1Cl)NC1CC(C)N(C2CC2)C1.I. The first-order valence-electron chi connectivity index (χ1n) is 9.31. The third-order valence-electron chi connectivity index (χ3n) is 5.01. The molecule has 1 saturated heterocycles. The zero-order valence-corrected chi connectivity index (χ0v) is 18.6. The number of aliphatic hydroxyl groups is 1. The highest BCUT2D eigenvalue weighted by Gasteiger charge is 2.38. The van der Waals surface area contributed by atoms with Gasteiger partial charge in [0.2, 0.25) is 0 Å². The molecule has 0 amide bonds. The third kappa shape index (κ3) is 5.71. The standard InChI is InChI=1S/C19H29ClN4O.HI/c1-3-21-19(22-11-18(25)16-6-4-5-7-17(16)20)23-14-10-13(2)24(12-14)15-8-9-15;/h4-7,13-15,18,25H,3,8-12H2,1-2H3,(H2,21,22,23);1H. The Kier molecular flexibility index (Phi) is 8.44. The molecule has 0 aromatic heterocycles. The van der Waals surface area contributed by atoms with Crippen molar-refractivity contribution in [3.63, 3.8) is 0 Å². The number of hydrogen-bond donors (Lipinski definition) is 3. The maximum absolute atomic E-state index is 10.4. The smallest absolute Gasteiger partial charge is 0.191 e. The summed E-state index contributed by atoms with van der Waals surface area (Å²) >= 11 is 6.16. The van der Waals surface area contributed by atoms with Crippen molar-refractivity contribution in [2.45, 2.75) is 57.3 Å². The molecule has 1 aliphatic carbocycles. The summed E-state index contributed by atoms with van der Waals surface area (Å²) in [5.41, 5.74) is 0.721. The lowest BCUT2D eigenvalue weighted by molar-refractivity contribution is 0.187. The van der Waals surface area contributed by atoms with E-state index in [1.165, 1.54) is 12.8 Å². The number of benzene rings is 1. The number of guanidine groups is 1. The van der Waals surface area contributed by atoms with Gasteiger partial charge in [-0.1, -0.05) is 29.8 Å². The second-order valence-corrected chi connectivity index (χ2v) is 7.52. The highest BCUT2D eigenvalue weighted by molar-refractivity contribution is 14.0. The third-order valence-corrected chi connectivity index (χ3v) is 5.35. The topological polar surface area (TPSA) is 59.9 Å². The van der Waals surface area contributed by atoms with Crippen LogP contribution in [-0.4, -0.2) is 53.7 Å². The van der Waals surface area contributed by atoms with E-state index in [-0.39, 0.29) is 30.5 Å². The molecule has 146 valence electrons. The van der Waals surface area contributed by atoms with Gasteiger partial charge in [0.25, 0.3) is 0 Å². The number of nitrogens with one attached hydrogen (secondary N) is 2. The summed E-state index contributed by atoms with van der Waals surface area (Å²) in [5.74, 6) is 0.767. The molecule has 3 atom stereocenters. The fourth-order valence-corrected chi connectivity index (χ4v) is 3.87. The minimum Gasteiger partial charge on any atom is -0.386 e. The molecule has 1 aromatic rings. The van der Waals surface area contributed by atoms with E-state index < -0.39 is 6.10 Å². The van der Waals surface area contributed by atoms with Crippen LogP contribution in [0.5, 0.6) is 0 Å². The van der Waals surface area contributed by atoms with Gasteiger partial charge in [-0.3, -0.25) is 9.89 Å². The van der Waals surface area contributed by atoms with Crippen LogP contribution < -0.4 is 10.6 Å². The minimum absolute atomic E-state index is 0. The van der Waals surface area contributed by atoms with Crippen LogP contribution in [-0.2, 0) is 0 Å². The molecule has 0 bridgehead atoms. The summed E-state index contributed by atoms with van der Waals surface area (Å²) in [6.45, 7) is 6.51. The second kappa shape index (κ2) is 10.1. The highest BCUT2D eigenvalue weighted by atomic mass is 127. The van der Waals surface area contributed by atoms with Gasteiger partial charge in [0, 0.05) is 41.8 Å². The Morgan fingerprint density at radius 1 is 1.38 bits per heavy atom. The first-order chi connectivity index (χ1) is 12.1. The normalized spacial score (nSPS) is 24.8. The van der Waals surface area contributed by atoms with Crippen LogP contribution in [0, 0.1) is 0 Å². The molecule has 1 saturated carbocycles. The zero-order chi connectivity index (χ0) is 17.8. The van der Waals surface area contributed by atoms with Crippen LogP contribution in [0.1, 0.15) is 44.8 Å². The van der Waals surface area contributed by atoms with Gasteiger partial charge in [0.15, 0.2) is 5.96 Å². The van der Waals surface area contributed by atoms with E-state index in [1.807, 2.05) is 18.2 Å². The van der Waals surface area contributed by atoms with Crippen molar-refractivity contribution in [2.24, 2.45) is 4.99 Å². The molecule has 0 radical (unpaired) electrons. The Morgan fingerprint density at radius 2 is 2.12 bits per heavy atom. The lowest BCUT2D eigenvalue weighted by Gasteiger charge is -2.20. The molecular formula is C19H30ClIN4O. The summed E-state index contributed by atoms with van der Waals surface area (Å²) in [6.07, 6.45) is 3.12. The van der Waals surface area contributed by atoms with E-state index in [1.54, 1.807) is 6.07 Å². The van der Waals surface area contributed by atoms with Crippen molar-refractivity contribution in [1.82, 2.24) is 15.5 Å². The van der Waals surface area contributed by atoms with Gasteiger partial charge in [-0.05, 0) is 39.2 Å². The first-order valence-corrected chi connectivity index (χ1v) is 9.69. The van der Waals surface area contributed by atoms with E-state index in [4.69, 9.17) is 11.6 Å². The van der Waals surface area contributed by atoms with Crippen molar-refractivity contribution in [1.29, 1.82) is 0 Å². The Labute approximate surface area is 178 Å². The average Bonchev–Trinajstić information content (AvgIpc) is 3.36. The Hall–Kier alpha value is -0.570. The van der Waals surface area contributed by atoms with Gasteiger partial charge >= 0.3 is 0 Å². The van der Waals surface area contributed by atoms with E-state index >= 15 is 0 Å². The largest absolute Gasteiger partial charge is 0.386 e. The van der Waals surface area contributed by atoms with Crippen molar-refractivity contribution in [3.05, 3.63) is 34.9 Å². The maximum Gasteiger partial charge on any atom is 0.191 e. The molecular weight excluding hydrogens is 463 g/mol. The van der Waals surface area contributed by atoms with Gasteiger partial charge in [0.1, 0.15) is 6.10 Å². The zero-order valence-electron chi connectivity index (χ0n) is 15.5. The summed E-state index contributed by atoms with van der Waals surface area (Å²) in [7, 11) is 0. The van der Waals surface area contributed by atoms with Crippen LogP contribution >= 0.6 is 35.6 Å². The van der Waals surface area contributed by atoms with Crippen LogP contribution in [0.4, 0.5) is 0 Å².